The largest absolute Gasteiger partial charge is 0.396 e. The molecule has 3 amide bonds. The molecule has 0 saturated carbocycles. The molecule has 34 heavy (non-hydrogen) atoms. The van der Waals surface area contributed by atoms with E-state index < -0.39 is 29.1 Å². The molecule has 8 heteroatoms. The number of fused-ring (bicyclic) bond motifs is 1. The first-order valence-corrected chi connectivity index (χ1v) is 12.6. The Balaban J connectivity index is 2.03. The summed E-state index contributed by atoms with van der Waals surface area (Å²) in [6, 6.07) is -0.773. The Hall–Kier alpha value is -2.19. The Bertz CT molecular complexity index is 816. The highest BCUT2D eigenvalue weighted by Gasteiger charge is 2.78. The van der Waals surface area contributed by atoms with Crippen molar-refractivity contribution in [3.05, 3.63) is 25.3 Å². The first-order chi connectivity index (χ1) is 16.2. The summed E-state index contributed by atoms with van der Waals surface area (Å²) >= 11 is 0. The van der Waals surface area contributed by atoms with Crippen LogP contribution in [0.15, 0.2) is 25.3 Å². The highest BCUT2D eigenvalue weighted by Crippen LogP contribution is 2.63. The zero-order valence-electron chi connectivity index (χ0n) is 21.0. The smallest absolute Gasteiger partial charge is 0.248 e. The minimum atomic E-state index is -1.01. The van der Waals surface area contributed by atoms with Gasteiger partial charge in [-0.15, -0.1) is 13.2 Å². The number of likely N-dealkylation sites (tertiary alicyclic amines) is 1. The van der Waals surface area contributed by atoms with Gasteiger partial charge in [-0.25, -0.2) is 0 Å². The number of carbonyl (C=O) groups excluding carboxylic acids is 3. The molecule has 0 aliphatic carbocycles. The molecule has 3 fully saturated rings. The van der Waals surface area contributed by atoms with Gasteiger partial charge in [-0.1, -0.05) is 25.5 Å². The average molecular weight is 476 g/mol. The zero-order valence-corrected chi connectivity index (χ0v) is 21.0. The van der Waals surface area contributed by atoms with Gasteiger partial charge < -0.3 is 24.5 Å². The number of nitrogens with zero attached hydrogens (tertiary/aromatic N) is 3. The Morgan fingerprint density at radius 3 is 2.50 bits per heavy atom. The van der Waals surface area contributed by atoms with Crippen LogP contribution in [0.3, 0.4) is 0 Å². The van der Waals surface area contributed by atoms with E-state index in [-0.39, 0.29) is 24.3 Å². The lowest BCUT2D eigenvalue weighted by Crippen LogP contribution is -2.56. The number of hydrogen-bond acceptors (Lipinski definition) is 5. The fourth-order valence-corrected chi connectivity index (χ4v) is 6.21. The predicted octanol–water partition coefficient (Wildman–Crippen LogP) is 1.98. The molecule has 2 unspecified atom stereocenters. The third-order valence-electron chi connectivity index (χ3n) is 7.81. The molecule has 3 aliphatic heterocycles. The second-order valence-corrected chi connectivity index (χ2v) is 10.1. The van der Waals surface area contributed by atoms with E-state index in [2.05, 4.69) is 20.1 Å². The first-order valence-electron chi connectivity index (χ1n) is 12.6. The summed E-state index contributed by atoms with van der Waals surface area (Å²) in [5.74, 6) is -1.78. The van der Waals surface area contributed by atoms with Gasteiger partial charge in [0.25, 0.3) is 0 Å². The summed E-state index contributed by atoms with van der Waals surface area (Å²) in [5, 5.41) is 9.29. The molecule has 0 aromatic heterocycles. The van der Waals surface area contributed by atoms with Gasteiger partial charge in [-0.05, 0) is 39.0 Å². The minimum Gasteiger partial charge on any atom is -0.396 e. The van der Waals surface area contributed by atoms with E-state index in [1.165, 1.54) is 0 Å². The van der Waals surface area contributed by atoms with Crippen LogP contribution in [0.1, 0.15) is 52.4 Å². The van der Waals surface area contributed by atoms with Crippen LogP contribution in [0.5, 0.6) is 0 Å². The number of rotatable bonds is 13. The van der Waals surface area contributed by atoms with E-state index in [0.717, 1.165) is 12.8 Å². The molecule has 5 atom stereocenters. The monoisotopic (exact) mass is 475 g/mol. The van der Waals surface area contributed by atoms with Gasteiger partial charge in [-0.3, -0.25) is 14.4 Å². The third kappa shape index (κ3) is 4.31. The average Bonchev–Trinajstić information content (AvgIpc) is 3.37. The second kappa shape index (κ2) is 10.6. The molecule has 0 radical (unpaired) electrons. The highest BCUT2D eigenvalue weighted by atomic mass is 16.5. The lowest BCUT2D eigenvalue weighted by atomic mass is 9.66. The van der Waals surface area contributed by atoms with E-state index in [4.69, 9.17) is 4.74 Å². The molecule has 190 valence electrons. The van der Waals surface area contributed by atoms with Gasteiger partial charge in [-0.2, -0.15) is 0 Å². The maximum absolute atomic E-state index is 14.0. The maximum Gasteiger partial charge on any atom is 0.248 e. The van der Waals surface area contributed by atoms with Gasteiger partial charge >= 0.3 is 0 Å². The number of likely N-dealkylation sites (N-methyl/N-ethyl adjacent to an activating group) is 1. The molecular weight excluding hydrogens is 434 g/mol. The van der Waals surface area contributed by atoms with Crippen molar-refractivity contribution in [3.8, 4) is 0 Å². The van der Waals surface area contributed by atoms with E-state index >= 15 is 0 Å². The molecule has 3 rings (SSSR count). The van der Waals surface area contributed by atoms with Gasteiger partial charge in [0, 0.05) is 39.8 Å². The molecule has 1 N–H and O–H groups in total. The van der Waals surface area contributed by atoms with Crippen LogP contribution < -0.4 is 0 Å². The molecule has 3 heterocycles. The Kier molecular flexibility index (Phi) is 8.24. The molecule has 0 aromatic carbocycles. The van der Waals surface area contributed by atoms with Crippen molar-refractivity contribution in [2.45, 2.75) is 69.6 Å². The number of unbranched alkanes of at least 4 members (excludes halogenated alkanes) is 2. The van der Waals surface area contributed by atoms with Crippen LogP contribution in [-0.4, -0.2) is 94.6 Å². The van der Waals surface area contributed by atoms with Crippen molar-refractivity contribution in [1.29, 1.82) is 0 Å². The van der Waals surface area contributed by atoms with E-state index in [1.807, 2.05) is 6.92 Å². The first kappa shape index (κ1) is 26.4. The zero-order chi connectivity index (χ0) is 25.1. The summed E-state index contributed by atoms with van der Waals surface area (Å²) in [4.78, 5) is 46.5. The summed E-state index contributed by atoms with van der Waals surface area (Å²) in [6.45, 7) is 13.3. The van der Waals surface area contributed by atoms with Crippen LogP contribution in [-0.2, 0) is 19.1 Å². The third-order valence-corrected chi connectivity index (χ3v) is 7.81. The SMILES string of the molecule is C=CCN(C)C(=O)[C@H]1[C@H]2C(=O)N(CCCCO)C(C(=O)N(CC=C)CCCC)C23CC[C@]1(C)O3. The Morgan fingerprint density at radius 2 is 1.88 bits per heavy atom. The van der Waals surface area contributed by atoms with Crippen LogP contribution in [0, 0.1) is 11.8 Å². The van der Waals surface area contributed by atoms with Crippen molar-refractivity contribution < 1.29 is 24.2 Å². The predicted molar refractivity (Wildman–Crippen MR) is 130 cm³/mol. The van der Waals surface area contributed by atoms with Crippen molar-refractivity contribution in [3.63, 3.8) is 0 Å². The van der Waals surface area contributed by atoms with Crippen LogP contribution in [0.25, 0.3) is 0 Å². The van der Waals surface area contributed by atoms with Crippen molar-refractivity contribution in [2.75, 3.05) is 39.8 Å². The minimum absolute atomic E-state index is 0.0241. The summed E-state index contributed by atoms with van der Waals surface area (Å²) < 4.78 is 6.65. The van der Waals surface area contributed by atoms with Gasteiger partial charge in [0.05, 0.1) is 17.4 Å². The standard InChI is InChI=1S/C26H41N3O5/c1-6-9-16-28(15-8-3)24(33)21-26-13-12-25(4,34-26)19(22(31)27(5)14-7-2)20(26)23(32)29(21)17-10-11-18-30/h7-8,19-21,30H,2-3,6,9-18H2,1,4-5H3/t19-,20+,21?,25+,26?/m1/s1. The number of hydrogen-bond donors (Lipinski definition) is 1. The number of carbonyl (C=O) groups is 3. The molecule has 1 spiro atoms. The quantitative estimate of drug-likeness (QED) is 0.325. The molecule has 8 nitrogen and oxygen atoms in total. The van der Waals surface area contributed by atoms with E-state index in [1.54, 1.807) is 33.9 Å². The number of aliphatic hydroxyl groups excluding tert-OH is 1. The van der Waals surface area contributed by atoms with Crippen molar-refractivity contribution in [1.82, 2.24) is 14.7 Å². The number of ether oxygens (including phenoxy) is 1. The van der Waals surface area contributed by atoms with Crippen LogP contribution in [0.2, 0.25) is 0 Å². The number of aliphatic hydroxyl groups is 1. The van der Waals surface area contributed by atoms with E-state index in [0.29, 0.717) is 51.9 Å². The molecule has 2 bridgehead atoms. The van der Waals surface area contributed by atoms with Crippen LogP contribution >= 0.6 is 0 Å². The summed E-state index contributed by atoms with van der Waals surface area (Å²) in [7, 11) is 1.71. The van der Waals surface area contributed by atoms with Crippen LogP contribution in [0.4, 0.5) is 0 Å². The van der Waals surface area contributed by atoms with Gasteiger partial charge in [0.2, 0.25) is 17.7 Å². The second-order valence-electron chi connectivity index (χ2n) is 10.1. The number of amides is 3. The topological polar surface area (TPSA) is 90.4 Å². The Labute approximate surface area is 203 Å². The van der Waals surface area contributed by atoms with Gasteiger partial charge in [0.15, 0.2) is 0 Å². The van der Waals surface area contributed by atoms with Crippen molar-refractivity contribution >= 4 is 17.7 Å². The normalized spacial score (nSPS) is 31.5. The van der Waals surface area contributed by atoms with Gasteiger partial charge in [0.1, 0.15) is 11.6 Å². The summed E-state index contributed by atoms with van der Waals surface area (Å²) in [6.07, 6.45) is 7.48. The van der Waals surface area contributed by atoms with E-state index in [9.17, 15) is 19.5 Å². The highest BCUT2D eigenvalue weighted by molar-refractivity contribution is 5.99. The molecule has 3 saturated heterocycles. The molecular formula is C26H41N3O5. The molecule has 0 aromatic rings. The Morgan fingerprint density at radius 1 is 1.18 bits per heavy atom. The lowest BCUT2D eigenvalue weighted by Gasteiger charge is -2.37. The fraction of sp³-hybridized carbons (Fsp3) is 0.731. The van der Waals surface area contributed by atoms with Crippen molar-refractivity contribution in [2.24, 2.45) is 11.8 Å². The lowest BCUT2D eigenvalue weighted by molar-refractivity contribution is -0.153. The fourth-order valence-electron chi connectivity index (χ4n) is 6.21. The summed E-state index contributed by atoms with van der Waals surface area (Å²) in [5.41, 5.74) is -1.79. The maximum atomic E-state index is 14.0. The molecule has 3 aliphatic rings.